The van der Waals surface area contributed by atoms with E-state index in [-0.39, 0.29) is 49.7 Å². The summed E-state index contributed by atoms with van der Waals surface area (Å²) >= 11 is 0. The second-order valence-electron chi connectivity index (χ2n) is 9.11. The van der Waals surface area contributed by atoms with Gasteiger partial charge in [0, 0.05) is 18.4 Å². The van der Waals surface area contributed by atoms with Crippen molar-refractivity contribution < 1.29 is 29.6 Å². The van der Waals surface area contributed by atoms with Gasteiger partial charge in [0.1, 0.15) is 12.1 Å². The number of nitrogens with one attached hydrogen (secondary N) is 3. The van der Waals surface area contributed by atoms with Crippen LogP contribution in [-0.2, 0) is 9.59 Å². The Hall–Kier alpha value is -3.71. The van der Waals surface area contributed by atoms with Gasteiger partial charge in [-0.2, -0.15) is 0 Å². The molecule has 1 spiro atoms. The average molecular weight is 471 g/mol. The summed E-state index contributed by atoms with van der Waals surface area (Å²) in [6.45, 7) is 1.72. The number of benzene rings is 1. The molecule has 5 rings (SSSR count). The summed E-state index contributed by atoms with van der Waals surface area (Å²) < 4.78 is 0. The summed E-state index contributed by atoms with van der Waals surface area (Å²) in [5.74, 6) is -3.71. The maximum absolute atomic E-state index is 12.8. The third kappa shape index (κ3) is 3.04. The number of hydrogen-bond donors (Lipinski definition) is 7. The first kappa shape index (κ1) is 22.1. The Kier molecular flexibility index (Phi) is 4.81. The molecule has 9 N–H and O–H groups in total. The van der Waals surface area contributed by atoms with Crippen LogP contribution in [0.4, 0.5) is 0 Å². The normalized spacial score (nSPS) is 31.6. The Bertz CT molecular complexity index is 1120. The highest BCUT2D eigenvalue weighted by Crippen LogP contribution is 2.41. The van der Waals surface area contributed by atoms with Crippen molar-refractivity contribution in [3.63, 3.8) is 0 Å². The number of aryl methyl sites for hydroxylation is 1. The molecule has 13 nitrogen and oxygen atoms in total. The first-order chi connectivity index (χ1) is 16.0. The summed E-state index contributed by atoms with van der Waals surface area (Å²) in [6, 6.07) is 3.97. The fourth-order valence-corrected chi connectivity index (χ4v) is 5.28. The van der Waals surface area contributed by atoms with Gasteiger partial charge in [-0.15, -0.1) is 0 Å². The van der Waals surface area contributed by atoms with Crippen LogP contribution in [0, 0.1) is 6.92 Å². The summed E-state index contributed by atoms with van der Waals surface area (Å²) in [4.78, 5) is 47.2. The lowest BCUT2D eigenvalue weighted by Gasteiger charge is -2.46. The number of likely N-dealkylation sites (tertiary alicyclic amines) is 1. The number of imide groups is 1. The van der Waals surface area contributed by atoms with E-state index in [4.69, 9.17) is 11.5 Å². The molecule has 0 bridgehead atoms. The Balaban J connectivity index is 1.46. The number of nitrogens with two attached hydrogens (primary N) is 2. The molecule has 2 saturated heterocycles. The fraction of sp³-hybridized carbons (Fsp3) is 0.476. The van der Waals surface area contributed by atoms with Crippen molar-refractivity contribution in [2.45, 2.75) is 49.3 Å². The van der Waals surface area contributed by atoms with Crippen LogP contribution in [-0.4, -0.2) is 92.3 Å². The van der Waals surface area contributed by atoms with Crippen molar-refractivity contribution in [2.24, 2.45) is 16.5 Å². The minimum absolute atomic E-state index is 0.0381. The molecule has 4 aliphatic heterocycles. The molecule has 180 valence electrons. The minimum Gasteiger partial charge on any atom is -0.370 e. The number of nitrogens with zero attached hydrogens (tertiary/aromatic N) is 3. The fourth-order valence-electron chi connectivity index (χ4n) is 5.28. The van der Waals surface area contributed by atoms with Gasteiger partial charge in [-0.05, 0) is 19.1 Å². The molecule has 1 aromatic carbocycles. The van der Waals surface area contributed by atoms with E-state index in [1.165, 1.54) is 4.90 Å². The van der Waals surface area contributed by atoms with Crippen LogP contribution < -0.4 is 27.1 Å². The number of guanidine groups is 2. The Labute approximate surface area is 194 Å². The number of hydrogen-bond acceptors (Lipinski definition) is 10. The summed E-state index contributed by atoms with van der Waals surface area (Å²) in [7, 11) is 0. The van der Waals surface area contributed by atoms with Crippen molar-refractivity contribution in [3.05, 3.63) is 35.4 Å². The van der Waals surface area contributed by atoms with Crippen molar-refractivity contribution in [1.82, 2.24) is 20.4 Å². The van der Waals surface area contributed by atoms with Crippen LogP contribution in [0.25, 0.3) is 0 Å². The number of carbonyl (C=O) groups excluding carboxylic acids is 3. The molecule has 4 aliphatic rings. The molecule has 0 aromatic heterocycles. The molecule has 0 aliphatic carbocycles. The van der Waals surface area contributed by atoms with Gasteiger partial charge in [-0.25, -0.2) is 10.3 Å². The Morgan fingerprint density at radius 3 is 2.53 bits per heavy atom. The minimum atomic E-state index is -2.57. The first-order valence-electron chi connectivity index (χ1n) is 11.0. The maximum atomic E-state index is 12.8. The molecule has 3 amide bonds. The molecule has 13 heteroatoms. The van der Waals surface area contributed by atoms with E-state index in [1.54, 1.807) is 24.3 Å². The van der Waals surface area contributed by atoms with E-state index in [1.807, 2.05) is 6.92 Å². The number of rotatable bonds is 4. The van der Waals surface area contributed by atoms with Gasteiger partial charge in [-0.1, -0.05) is 17.7 Å². The van der Waals surface area contributed by atoms with Crippen molar-refractivity contribution in [2.75, 3.05) is 13.1 Å². The van der Waals surface area contributed by atoms with Gasteiger partial charge in [0.25, 0.3) is 11.6 Å². The van der Waals surface area contributed by atoms with Gasteiger partial charge in [0.05, 0.1) is 13.1 Å². The number of aliphatic imine (C=N–C) groups is 1. The van der Waals surface area contributed by atoms with Gasteiger partial charge in [0.15, 0.2) is 12.0 Å². The molecule has 0 unspecified atom stereocenters. The molecule has 0 radical (unpaired) electrons. The zero-order valence-electron chi connectivity index (χ0n) is 18.5. The van der Waals surface area contributed by atoms with Gasteiger partial charge in [0.2, 0.25) is 17.6 Å². The van der Waals surface area contributed by atoms with Crippen LogP contribution in [0.3, 0.4) is 0 Å². The van der Waals surface area contributed by atoms with E-state index in [0.717, 1.165) is 10.5 Å². The van der Waals surface area contributed by atoms with Crippen LogP contribution in [0.5, 0.6) is 0 Å². The molecular formula is C21H27N8O5+. The topological polar surface area (TPSA) is 201 Å². The third-order valence-corrected chi connectivity index (χ3v) is 7.03. The Morgan fingerprint density at radius 1 is 1.24 bits per heavy atom. The zero-order valence-corrected chi connectivity index (χ0v) is 18.5. The molecule has 4 heterocycles. The van der Waals surface area contributed by atoms with Gasteiger partial charge < -0.3 is 21.3 Å². The van der Waals surface area contributed by atoms with Crippen LogP contribution >= 0.6 is 0 Å². The largest absolute Gasteiger partial charge is 0.370 e. The summed E-state index contributed by atoms with van der Waals surface area (Å²) in [5.41, 5.74) is 11.9. The Morgan fingerprint density at radius 2 is 1.88 bits per heavy atom. The number of carbonyl (C=O) groups is 3. The second-order valence-corrected chi connectivity index (χ2v) is 9.11. The maximum Gasteiger partial charge on any atom is 0.343 e. The molecule has 34 heavy (non-hydrogen) atoms. The van der Waals surface area contributed by atoms with E-state index < -0.39 is 35.5 Å². The first-order valence-corrected chi connectivity index (χ1v) is 11.0. The highest BCUT2D eigenvalue weighted by molar-refractivity contribution is 6.02. The monoisotopic (exact) mass is 471 g/mol. The summed E-state index contributed by atoms with van der Waals surface area (Å²) in [5, 5.41) is 28.4. The standard InChI is InChI=1S/C21H26N8O5/c1-10-2-4-11(5-3-10)17(32)25-13-9-29-19(23)24-12(8-28-14(30)6-7-15(28)31)16-20(29,21(13,33)34)27-18(22)26-16/h2-5,12-13,16,33-34H,6-9H2,1H3,(H2,23,24)(H,25,32)(H3,22,26,27)/p+1/t12-,13-,16-,20-/m0/s1. The van der Waals surface area contributed by atoms with E-state index in [0.29, 0.717) is 5.56 Å². The highest BCUT2D eigenvalue weighted by Gasteiger charge is 2.76. The van der Waals surface area contributed by atoms with Crippen LogP contribution in [0.2, 0.25) is 0 Å². The van der Waals surface area contributed by atoms with E-state index in [9.17, 15) is 24.6 Å². The molecule has 0 saturated carbocycles. The molecule has 4 atom stereocenters. The predicted octanol–water partition coefficient (Wildman–Crippen LogP) is -5.00. The van der Waals surface area contributed by atoms with Crippen molar-refractivity contribution >= 4 is 29.6 Å². The summed E-state index contributed by atoms with van der Waals surface area (Å²) in [6.07, 6.45) is 0.230. The average Bonchev–Trinajstić information content (AvgIpc) is 3.37. The zero-order chi connectivity index (χ0) is 24.4. The highest BCUT2D eigenvalue weighted by atomic mass is 16.5. The lowest BCUT2D eigenvalue weighted by molar-refractivity contribution is -0.521. The van der Waals surface area contributed by atoms with Gasteiger partial charge >= 0.3 is 5.96 Å². The molecular weight excluding hydrogens is 444 g/mol. The number of amides is 3. The van der Waals surface area contributed by atoms with Crippen molar-refractivity contribution in [3.8, 4) is 0 Å². The number of aliphatic hydroxyl groups is 2. The van der Waals surface area contributed by atoms with Crippen LogP contribution in [0.15, 0.2) is 29.3 Å². The predicted molar refractivity (Wildman–Crippen MR) is 117 cm³/mol. The van der Waals surface area contributed by atoms with E-state index >= 15 is 0 Å². The second kappa shape index (κ2) is 7.40. The van der Waals surface area contributed by atoms with Crippen LogP contribution in [0.1, 0.15) is 28.8 Å². The smallest absolute Gasteiger partial charge is 0.343 e. The molecule has 1 aromatic rings. The SMILES string of the molecule is Cc1ccc(C(=O)N[C@H]2CN3C(N)=N[C@@H](CN4C(=O)CCC4=O)[C@@H]4[NH+]=C(N)N[C@@]43C2(O)O)cc1. The molecule has 2 fully saturated rings. The lowest BCUT2D eigenvalue weighted by atomic mass is 9.84. The van der Waals surface area contributed by atoms with Crippen molar-refractivity contribution in [1.29, 1.82) is 0 Å². The van der Waals surface area contributed by atoms with E-state index in [2.05, 4.69) is 20.6 Å². The van der Waals surface area contributed by atoms with Gasteiger partial charge in [-0.3, -0.25) is 34.9 Å². The third-order valence-electron chi connectivity index (χ3n) is 7.03. The quantitative estimate of drug-likeness (QED) is 0.166. The lowest BCUT2D eigenvalue weighted by Crippen LogP contribution is -2.90.